The monoisotopic (exact) mass is 471 g/mol. The number of carbonyl (C=O) groups excluding carboxylic acids is 1. The molecule has 2 heterocycles. The first kappa shape index (κ1) is 21.3. The van der Waals surface area contributed by atoms with Crippen molar-refractivity contribution in [1.82, 2.24) is 10.3 Å². The molecule has 0 radical (unpaired) electrons. The van der Waals surface area contributed by atoms with Crippen molar-refractivity contribution in [2.75, 3.05) is 12.5 Å². The van der Waals surface area contributed by atoms with Crippen LogP contribution in [0.25, 0.3) is 11.3 Å². The fraction of sp³-hybridized carbons (Fsp3) is 0.136. The molecule has 1 amide bonds. The molecule has 0 aliphatic carbocycles. The number of thioether (sulfide) groups is 1. The Bertz CT molecular complexity index is 1200. The molecular formula is C22H15Cl2N3O3S. The van der Waals surface area contributed by atoms with Gasteiger partial charge in [0.05, 0.1) is 27.1 Å². The van der Waals surface area contributed by atoms with Crippen LogP contribution in [-0.4, -0.2) is 23.4 Å². The van der Waals surface area contributed by atoms with Gasteiger partial charge < -0.3 is 14.8 Å². The number of carbonyl (C=O) groups is 1. The topological polar surface area (TPSA) is 84.2 Å². The Morgan fingerprint density at radius 2 is 1.94 bits per heavy atom. The third-order valence-corrected chi connectivity index (χ3v) is 6.19. The van der Waals surface area contributed by atoms with E-state index in [4.69, 9.17) is 32.7 Å². The third-order valence-electron chi connectivity index (χ3n) is 4.46. The summed E-state index contributed by atoms with van der Waals surface area (Å²) in [6.45, 7) is 0.518. The number of halogens is 2. The summed E-state index contributed by atoms with van der Waals surface area (Å²) in [5.74, 6) is 1.27. The number of aromatic nitrogens is 1. The molecule has 1 aliphatic rings. The van der Waals surface area contributed by atoms with E-state index in [0.29, 0.717) is 44.4 Å². The van der Waals surface area contributed by atoms with Crippen LogP contribution in [-0.2, 0) is 11.3 Å². The van der Waals surface area contributed by atoms with E-state index in [-0.39, 0.29) is 18.5 Å². The van der Waals surface area contributed by atoms with Gasteiger partial charge in [-0.25, -0.2) is 4.98 Å². The molecule has 9 heteroatoms. The lowest BCUT2D eigenvalue weighted by Gasteiger charge is -2.09. The van der Waals surface area contributed by atoms with Crippen LogP contribution in [0.4, 0.5) is 0 Å². The maximum atomic E-state index is 12.3. The van der Waals surface area contributed by atoms with Crippen LogP contribution < -0.4 is 14.8 Å². The number of rotatable bonds is 6. The van der Waals surface area contributed by atoms with E-state index in [1.54, 1.807) is 30.3 Å². The standard InChI is InChI=1S/C22H15Cl2N3O3S/c23-16-4-1-13(7-17(16)24)10-26-21(28)11-31-22-15(9-25)2-5-18(27-22)14-3-6-19-20(8-14)30-12-29-19/h1-8H,10-12H2,(H,26,28). The number of benzene rings is 2. The van der Waals surface area contributed by atoms with Crippen molar-refractivity contribution in [1.29, 1.82) is 5.26 Å². The van der Waals surface area contributed by atoms with E-state index in [1.807, 2.05) is 18.2 Å². The van der Waals surface area contributed by atoms with Crippen molar-refractivity contribution in [2.45, 2.75) is 11.6 Å². The molecule has 0 bridgehead atoms. The van der Waals surface area contributed by atoms with Crippen molar-refractivity contribution in [3.63, 3.8) is 0 Å². The summed E-state index contributed by atoms with van der Waals surface area (Å²) in [7, 11) is 0. The van der Waals surface area contributed by atoms with E-state index in [9.17, 15) is 10.1 Å². The van der Waals surface area contributed by atoms with Crippen LogP contribution in [0.3, 0.4) is 0 Å². The first-order chi connectivity index (χ1) is 15.0. The van der Waals surface area contributed by atoms with E-state index in [1.165, 1.54) is 11.8 Å². The number of pyridine rings is 1. The maximum Gasteiger partial charge on any atom is 0.231 e. The molecule has 0 unspecified atom stereocenters. The Hall–Kier alpha value is -2.92. The Balaban J connectivity index is 1.42. The normalized spacial score (nSPS) is 11.8. The molecule has 31 heavy (non-hydrogen) atoms. The van der Waals surface area contributed by atoms with Gasteiger partial charge in [0, 0.05) is 12.1 Å². The summed E-state index contributed by atoms with van der Waals surface area (Å²) >= 11 is 13.1. The smallest absolute Gasteiger partial charge is 0.231 e. The lowest BCUT2D eigenvalue weighted by atomic mass is 10.1. The van der Waals surface area contributed by atoms with Gasteiger partial charge in [-0.2, -0.15) is 5.26 Å². The number of hydrogen-bond donors (Lipinski definition) is 1. The van der Waals surface area contributed by atoms with E-state index in [0.717, 1.165) is 11.1 Å². The highest BCUT2D eigenvalue weighted by Crippen LogP contribution is 2.36. The van der Waals surface area contributed by atoms with Crippen LogP contribution in [0.2, 0.25) is 10.0 Å². The van der Waals surface area contributed by atoms with Crippen molar-refractivity contribution in [3.8, 4) is 28.8 Å². The van der Waals surface area contributed by atoms with Crippen LogP contribution in [0.1, 0.15) is 11.1 Å². The molecule has 0 saturated carbocycles. The Labute approximate surface area is 193 Å². The molecule has 2 aromatic carbocycles. The second-order valence-electron chi connectivity index (χ2n) is 6.54. The van der Waals surface area contributed by atoms with Crippen molar-refractivity contribution < 1.29 is 14.3 Å². The zero-order valence-electron chi connectivity index (χ0n) is 16.0. The summed E-state index contributed by atoms with van der Waals surface area (Å²) in [4.78, 5) is 16.9. The van der Waals surface area contributed by atoms with Crippen molar-refractivity contribution in [2.24, 2.45) is 0 Å². The van der Waals surface area contributed by atoms with Crippen LogP contribution >= 0.6 is 35.0 Å². The van der Waals surface area contributed by atoms with Crippen LogP contribution in [0.15, 0.2) is 53.6 Å². The van der Waals surface area contributed by atoms with E-state index >= 15 is 0 Å². The van der Waals surface area contributed by atoms with Crippen molar-refractivity contribution >= 4 is 40.9 Å². The predicted molar refractivity (Wildman–Crippen MR) is 120 cm³/mol. The van der Waals surface area contributed by atoms with E-state index in [2.05, 4.69) is 16.4 Å². The molecule has 3 aromatic rings. The van der Waals surface area contributed by atoms with Gasteiger partial charge in [-0.3, -0.25) is 4.79 Å². The maximum absolute atomic E-state index is 12.3. The minimum absolute atomic E-state index is 0.119. The number of nitrogens with zero attached hydrogens (tertiary/aromatic N) is 2. The van der Waals surface area contributed by atoms with Crippen LogP contribution in [0.5, 0.6) is 11.5 Å². The number of amides is 1. The molecule has 0 atom stereocenters. The van der Waals surface area contributed by atoms with Gasteiger partial charge in [-0.05, 0) is 48.0 Å². The number of fused-ring (bicyclic) bond motifs is 1. The van der Waals surface area contributed by atoms with Gasteiger partial charge in [-0.1, -0.05) is 41.0 Å². The lowest BCUT2D eigenvalue weighted by Crippen LogP contribution is -2.24. The van der Waals surface area contributed by atoms with E-state index < -0.39 is 0 Å². The van der Waals surface area contributed by atoms with Gasteiger partial charge in [0.2, 0.25) is 12.7 Å². The average molecular weight is 472 g/mol. The molecule has 1 N–H and O–H groups in total. The number of hydrogen-bond acceptors (Lipinski definition) is 6. The highest BCUT2D eigenvalue weighted by atomic mass is 35.5. The third kappa shape index (κ3) is 5.05. The summed E-state index contributed by atoms with van der Waals surface area (Å²) < 4.78 is 10.7. The molecule has 0 fully saturated rings. The molecular weight excluding hydrogens is 457 g/mol. The highest BCUT2D eigenvalue weighted by Gasteiger charge is 2.16. The SMILES string of the molecule is N#Cc1ccc(-c2ccc3c(c2)OCO3)nc1SCC(=O)NCc1ccc(Cl)c(Cl)c1. The first-order valence-electron chi connectivity index (χ1n) is 9.18. The molecule has 0 spiro atoms. The summed E-state index contributed by atoms with van der Waals surface area (Å²) in [5, 5.41) is 13.6. The zero-order valence-corrected chi connectivity index (χ0v) is 18.4. The van der Waals surface area contributed by atoms with Gasteiger partial charge in [-0.15, -0.1) is 0 Å². The minimum Gasteiger partial charge on any atom is -0.454 e. The summed E-state index contributed by atoms with van der Waals surface area (Å²) in [5.41, 5.74) is 2.76. The Morgan fingerprint density at radius 1 is 1.10 bits per heavy atom. The number of ether oxygens (including phenoxy) is 2. The molecule has 4 rings (SSSR count). The summed E-state index contributed by atoms with van der Waals surface area (Å²) in [6.07, 6.45) is 0. The quantitative estimate of drug-likeness (QED) is 0.505. The summed E-state index contributed by atoms with van der Waals surface area (Å²) in [6, 6.07) is 16.3. The van der Waals surface area contributed by atoms with Gasteiger partial charge in [0.25, 0.3) is 0 Å². The average Bonchev–Trinajstić information content (AvgIpc) is 3.26. The highest BCUT2D eigenvalue weighted by molar-refractivity contribution is 8.00. The van der Waals surface area contributed by atoms with Gasteiger partial charge in [0.1, 0.15) is 11.1 Å². The Kier molecular flexibility index (Phi) is 6.52. The zero-order chi connectivity index (χ0) is 21.8. The van der Waals surface area contributed by atoms with Crippen LogP contribution in [0, 0.1) is 11.3 Å². The fourth-order valence-electron chi connectivity index (χ4n) is 2.89. The molecule has 6 nitrogen and oxygen atoms in total. The van der Waals surface area contributed by atoms with Crippen molar-refractivity contribution in [3.05, 3.63) is 69.7 Å². The second-order valence-corrected chi connectivity index (χ2v) is 8.32. The molecule has 0 saturated heterocycles. The Morgan fingerprint density at radius 3 is 2.74 bits per heavy atom. The molecule has 156 valence electrons. The first-order valence-corrected chi connectivity index (χ1v) is 10.9. The number of nitriles is 1. The molecule has 1 aromatic heterocycles. The lowest BCUT2D eigenvalue weighted by molar-refractivity contribution is -0.118. The second kappa shape index (κ2) is 9.48. The molecule has 1 aliphatic heterocycles. The predicted octanol–water partition coefficient (Wildman–Crippen LogP) is 5.06. The van der Waals surface area contributed by atoms with Gasteiger partial charge >= 0.3 is 0 Å². The fourth-order valence-corrected chi connectivity index (χ4v) is 4.01. The number of nitrogens with one attached hydrogen (secondary N) is 1. The minimum atomic E-state index is -0.185. The van der Waals surface area contributed by atoms with Gasteiger partial charge in [0.15, 0.2) is 11.5 Å². The largest absolute Gasteiger partial charge is 0.454 e.